The molecule has 1 heteroatoms. The van der Waals surface area contributed by atoms with E-state index in [2.05, 4.69) is 42.5 Å². The highest BCUT2D eigenvalue weighted by molar-refractivity contribution is 5.86. The van der Waals surface area contributed by atoms with E-state index in [1.807, 2.05) is 0 Å². The second-order valence-corrected chi connectivity index (χ2v) is 5.03. The molecule has 2 aromatic rings. The van der Waals surface area contributed by atoms with Gasteiger partial charge in [-0.2, -0.15) is 0 Å². The summed E-state index contributed by atoms with van der Waals surface area (Å²) >= 11 is 0. The van der Waals surface area contributed by atoms with Gasteiger partial charge in [0, 0.05) is 5.92 Å². The lowest BCUT2D eigenvalue weighted by atomic mass is 9.80. The third kappa shape index (κ3) is 1.96. The van der Waals surface area contributed by atoms with Gasteiger partial charge in [-0.25, -0.2) is 0 Å². The predicted octanol–water partition coefficient (Wildman–Crippen LogP) is 3.86. The fourth-order valence-electron chi connectivity index (χ4n) is 3.05. The number of rotatable bonds is 1. The second-order valence-electron chi connectivity index (χ2n) is 5.03. The molecule has 1 aliphatic rings. The van der Waals surface area contributed by atoms with Gasteiger partial charge in [-0.05, 0) is 29.2 Å². The Labute approximate surface area is 102 Å². The van der Waals surface area contributed by atoms with Gasteiger partial charge in [-0.1, -0.05) is 55.3 Å². The Morgan fingerprint density at radius 2 is 1.65 bits per heavy atom. The topological polar surface area (TPSA) is 20.2 Å². The quantitative estimate of drug-likeness (QED) is 0.783. The average Bonchev–Trinajstić information content (AvgIpc) is 2.39. The maximum atomic E-state index is 10.2. The number of fused-ring (bicyclic) bond motifs is 1. The number of aliphatic hydroxyl groups is 1. The maximum Gasteiger partial charge on any atom is 0.0608 e. The Bertz CT molecular complexity index is 512. The summed E-state index contributed by atoms with van der Waals surface area (Å²) in [6.45, 7) is 0. The minimum atomic E-state index is -0.158. The zero-order chi connectivity index (χ0) is 11.7. The SMILES string of the molecule is OC1CCCCC1c1cccc2ccccc12. The fourth-order valence-corrected chi connectivity index (χ4v) is 3.05. The molecular formula is C16H18O. The van der Waals surface area contributed by atoms with Crippen LogP contribution in [0.4, 0.5) is 0 Å². The predicted molar refractivity (Wildman–Crippen MR) is 71.2 cm³/mol. The van der Waals surface area contributed by atoms with Crippen LogP contribution >= 0.6 is 0 Å². The first-order chi connectivity index (χ1) is 8.36. The van der Waals surface area contributed by atoms with Crippen molar-refractivity contribution in [2.75, 3.05) is 0 Å². The Morgan fingerprint density at radius 3 is 2.53 bits per heavy atom. The third-order valence-corrected chi connectivity index (χ3v) is 3.95. The standard InChI is InChI=1S/C16H18O/c17-16-11-4-3-9-15(16)14-10-5-7-12-6-1-2-8-13(12)14/h1-2,5-8,10,15-17H,3-4,9,11H2. The Hall–Kier alpha value is -1.34. The average molecular weight is 226 g/mol. The van der Waals surface area contributed by atoms with Crippen LogP contribution in [-0.4, -0.2) is 11.2 Å². The summed E-state index contributed by atoms with van der Waals surface area (Å²) in [5.41, 5.74) is 1.33. The van der Waals surface area contributed by atoms with Gasteiger partial charge in [0.25, 0.3) is 0 Å². The van der Waals surface area contributed by atoms with E-state index in [1.54, 1.807) is 0 Å². The van der Waals surface area contributed by atoms with E-state index in [0.29, 0.717) is 5.92 Å². The van der Waals surface area contributed by atoms with Gasteiger partial charge >= 0.3 is 0 Å². The first-order valence-corrected chi connectivity index (χ1v) is 6.52. The molecule has 1 nitrogen and oxygen atoms in total. The van der Waals surface area contributed by atoms with Gasteiger partial charge in [0.15, 0.2) is 0 Å². The summed E-state index contributed by atoms with van der Waals surface area (Å²) in [5, 5.41) is 12.8. The van der Waals surface area contributed by atoms with Gasteiger partial charge in [0.05, 0.1) is 6.10 Å². The summed E-state index contributed by atoms with van der Waals surface area (Å²) in [6, 6.07) is 14.9. The molecule has 88 valence electrons. The molecule has 0 amide bonds. The van der Waals surface area contributed by atoms with Gasteiger partial charge in [0.2, 0.25) is 0 Å². The van der Waals surface area contributed by atoms with Crippen LogP contribution in [0.2, 0.25) is 0 Å². The van der Waals surface area contributed by atoms with Crippen LogP contribution < -0.4 is 0 Å². The van der Waals surface area contributed by atoms with Gasteiger partial charge in [0.1, 0.15) is 0 Å². The van der Waals surface area contributed by atoms with Crippen LogP contribution in [0.15, 0.2) is 42.5 Å². The molecule has 17 heavy (non-hydrogen) atoms. The van der Waals surface area contributed by atoms with Crippen molar-refractivity contribution in [1.82, 2.24) is 0 Å². The van der Waals surface area contributed by atoms with Crippen molar-refractivity contribution in [1.29, 1.82) is 0 Å². The molecule has 0 aliphatic heterocycles. The van der Waals surface area contributed by atoms with E-state index in [1.165, 1.54) is 29.2 Å². The van der Waals surface area contributed by atoms with Crippen molar-refractivity contribution >= 4 is 10.8 Å². The number of aliphatic hydroxyl groups excluding tert-OH is 1. The van der Waals surface area contributed by atoms with Gasteiger partial charge in [-0.15, -0.1) is 0 Å². The normalized spacial score (nSPS) is 25.0. The summed E-state index contributed by atoms with van der Waals surface area (Å²) in [7, 11) is 0. The molecule has 0 aromatic heterocycles. The van der Waals surface area contributed by atoms with E-state index in [4.69, 9.17) is 0 Å². The molecule has 2 unspecified atom stereocenters. The number of hydrogen-bond acceptors (Lipinski definition) is 1. The zero-order valence-corrected chi connectivity index (χ0v) is 9.97. The first kappa shape index (κ1) is 10.8. The fraction of sp³-hybridized carbons (Fsp3) is 0.375. The smallest absolute Gasteiger partial charge is 0.0608 e. The minimum Gasteiger partial charge on any atom is -0.392 e. The summed E-state index contributed by atoms with van der Waals surface area (Å²) < 4.78 is 0. The van der Waals surface area contributed by atoms with Crippen molar-refractivity contribution in [2.24, 2.45) is 0 Å². The minimum absolute atomic E-state index is 0.158. The number of benzene rings is 2. The number of hydrogen-bond donors (Lipinski definition) is 1. The van der Waals surface area contributed by atoms with E-state index in [0.717, 1.165) is 12.8 Å². The molecule has 2 aromatic carbocycles. The largest absolute Gasteiger partial charge is 0.392 e. The highest BCUT2D eigenvalue weighted by atomic mass is 16.3. The van der Waals surface area contributed by atoms with Crippen LogP contribution in [0.25, 0.3) is 10.8 Å². The molecule has 2 atom stereocenters. The molecule has 1 fully saturated rings. The zero-order valence-electron chi connectivity index (χ0n) is 9.97. The second kappa shape index (κ2) is 4.50. The Morgan fingerprint density at radius 1 is 0.882 bits per heavy atom. The van der Waals surface area contributed by atoms with Crippen LogP contribution in [0.3, 0.4) is 0 Å². The summed E-state index contributed by atoms with van der Waals surface area (Å²) in [5.74, 6) is 0.329. The molecule has 0 saturated heterocycles. The van der Waals surface area contributed by atoms with E-state index in [-0.39, 0.29) is 6.10 Å². The highest BCUT2D eigenvalue weighted by Gasteiger charge is 2.25. The molecule has 1 aliphatic carbocycles. The highest BCUT2D eigenvalue weighted by Crippen LogP contribution is 2.36. The van der Waals surface area contributed by atoms with E-state index >= 15 is 0 Å². The molecule has 1 saturated carbocycles. The van der Waals surface area contributed by atoms with Crippen molar-refractivity contribution in [3.8, 4) is 0 Å². The van der Waals surface area contributed by atoms with Crippen LogP contribution in [0.5, 0.6) is 0 Å². The molecule has 0 spiro atoms. The lowest BCUT2D eigenvalue weighted by Crippen LogP contribution is -2.22. The Kier molecular flexibility index (Phi) is 2.86. The molecule has 3 rings (SSSR count). The van der Waals surface area contributed by atoms with Crippen LogP contribution in [0, 0.1) is 0 Å². The van der Waals surface area contributed by atoms with Gasteiger partial charge in [-0.3, -0.25) is 0 Å². The third-order valence-electron chi connectivity index (χ3n) is 3.95. The monoisotopic (exact) mass is 226 g/mol. The van der Waals surface area contributed by atoms with Crippen molar-refractivity contribution in [2.45, 2.75) is 37.7 Å². The molecule has 0 heterocycles. The lowest BCUT2D eigenvalue weighted by Gasteiger charge is -2.28. The van der Waals surface area contributed by atoms with Crippen LogP contribution in [-0.2, 0) is 0 Å². The molecule has 1 N–H and O–H groups in total. The lowest BCUT2D eigenvalue weighted by molar-refractivity contribution is 0.107. The van der Waals surface area contributed by atoms with Crippen LogP contribution in [0.1, 0.15) is 37.2 Å². The van der Waals surface area contributed by atoms with Gasteiger partial charge < -0.3 is 5.11 Å². The van der Waals surface area contributed by atoms with Crippen molar-refractivity contribution in [3.05, 3.63) is 48.0 Å². The Balaban J connectivity index is 2.10. The van der Waals surface area contributed by atoms with E-state index < -0.39 is 0 Å². The van der Waals surface area contributed by atoms with E-state index in [9.17, 15) is 5.11 Å². The van der Waals surface area contributed by atoms with Crippen molar-refractivity contribution in [3.63, 3.8) is 0 Å². The molecule has 0 bridgehead atoms. The molecular weight excluding hydrogens is 208 g/mol. The van der Waals surface area contributed by atoms with Crippen molar-refractivity contribution < 1.29 is 5.11 Å². The summed E-state index contributed by atoms with van der Waals surface area (Å²) in [6.07, 6.45) is 4.32. The summed E-state index contributed by atoms with van der Waals surface area (Å²) in [4.78, 5) is 0. The first-order valence-electron chi connectivity index (χ1n) is 6.52. The molecule has 0 radical (unpaired) electrons. The maximum absolute atomic E-state index is 10.2.